The number of piperazine rings is 1. The zero-order valence-corrected chi connectivity index (χ0v) is 12.1. The standard InChI is InChI=1S/C16H23N3O/c1-13-11-18(10-8-17-13)12-16(20)19-9-4-6-14-5-2-3-7-15(14)19/h2-3,5,7,13,17H,4,6,8-12H2,1H3/t13-/m1/s1. The van der Waals surface area contributed by atoms with E-state index in [2.05, 4.69) is 35.3 Å². The molecule has 0 aliphatic carbocycles. The average molecular weight is 273 g/mol. The number of carbonyl (C=O) groups is 1. The second-order valence-corrected chi connectivity index (χ2v) is 5.87. The normalized spacial score (nSPS) is 23.4. The number of nitrogens with zero attached hydrogens (tertiary/aromatic N) is 2. The molecule has 4 heteroatoms. The lowest BCUT2D eigenvalue weighted by Crippen LogP contribution is -2.52. The monoisotopic (exact) mass is 273 g/mol. The van der Waals surface area contributed by atoms with Crippen LogP contribution in [0.5, 0.6) is 0 Å². The predicted molar refractivity (Wildman–Crippen MR) is 81.0 cm³/mol. The summed E-state index contributed by atoms with van der Waals surface area (Å²) < 4.78 is 0. The number of amides is 1. The molecule has 1 saturated heterocycles. The largest absolute Gasteiger partial charge is 0.312 e. The van der Waals surface area contributed by atoms with Gasteiger partial charge in [-0.05, 0) is 31.4 Å². The number of hydrogen-bond donors (Lipinski definition) is 1. The molecule has 0 spiro atoms. The fourth-order valence-electron chi connectivity index (χ4n) is 3.23. The van der Waals surface area contributed by atoms with Crippen LogP contribution in [0.3, 0.4) is 0 Å². The van der Waals surface area contributed by atoms with Gasteiger partial charge in [0.2, 0.25) is 5.91 Å². The van der Waals surface area contributed by atoms with Crippen LogP contribution in [0.15, 0.2) is 24.3 Å². The van der Waals surface area contributed by atoms with E-state index in [-0.39, 0.29) is 5.91 Å². The molecule has 1 fully saturated rings. The highest BCUT2D eigenvalue weighted by atomic mass is 16.2. The van der Waals surface area contributed by atoms with Gasteiger partial charge in [-0.1, -0.05) is 18.2 Å². The Morgan fingerprint density at radius 3 is 3.05 bits per heavy atom. The highest BCUT2D eigenvalue weighted by Crippen LogP contribution is 2.26. The SMILES string of the molecule is C[C@@H]1CN(CC(=O)N2CCCc3ccccc32)CCN1. The number of nitrogens with one attached hydrogen (secondary N) is 1. The zero-order chi connectivity index (χ0) is 13.9. The molecule has 1 atom stereocenters. The average Bonchev–Trinajstić information content (AvgIpc) is 2.46. The molecule has 2 aliphatic rings. The number of anilines is 1. The van der Waals surface area contributed by atoms with Crippen LogP contribution >= 0.6 is 0 Å². The second kappa shape index (κ2) is 5.94. The fraction of sp³-hybridized carbons (Fsp3) is 0.562. The zero-order valence-electron chi connectivity index (χ0n) is 12.1. The maximum atomic E-state index is 12.6. The molecule has 0 aromatic heterocycles. The van der Waals surface area contributed by atoms with Crippen LogP contribution in [0.4, 0.5) is 5.69 Å². The Balaban J connectivity index is 1.69. The van der Waals surface area contributed by atoms with Gasteiger partial charge in [0.05, 0.1) is 6.54 Å². The number of aryl methyl sites for hydroxylation is 1. The molecule has 1 aromatic rings. The number of benzene rings is 1. The molecule has 1 amide bonds. The molecule has 108 valence electrons. The number of rotatable bonds is 2. The van der Waals surface area contributed by atoms with Crippen molar-refractivity contribution in [2.75, 3.05) is 37.6 Å². The minimum Gasteiger partial charge on any atom is -0.312 e. The number of carbonyl (C=O) groups excluding carboxylic acids is 1. The summed E-state index contributed by atoms with van der Waals surface area (Å²) in [5.74, 6) is 0.242. The molecular weight excluding hydrogens is 250 g/mol. The van der Waals surface area contributed by atoms with Crippen molar-refractivity contribution in [3.63, 3.8) is 0 Å². The summed E-state index contributed by atoms with van der Waals surface area (Å²) in [6.07, 6.45) is 2.16. The maximum absolute atomic E-state index is 12.6. The lowest BCUT2D eigenvalue weighted by Gasteiger charge is -2.35. The maximum Gasteiger partial charge on any atom is 0.241 e. The number of fused-ring (bicyclic) bond motifs is 1. The van der Waals surface area contributed by atoms with Gasteiger partial charge in [0.1, 0.15) is 0 Å². The van der Waals surface area contributed by atoms with Crippen LogP contribution in [0.1, 0.15) is 18.9 Å². The van der Waals surface area contributed by atoms with Crippen molar-refractivity contribution in [2.45, 2.75) is 25.8 Å². The number of hydrogen-bond acceptors (Lipinski definition) is 3. The Morgan fingerprint density at radius 2 is 2.20 bits per heavy atom. The molecule has 1 aromatic carbocycles. The molecule has 0 bridgehead atoms. The van der Waals surface area contributed by atoms with Crippen molar-refractivity contribution in [3.8, 4) is 0 Å². The van der Waals surface area contributed by atoms with Gasteiger partial charge < -0.3 is 10.2 Å². The van der Waals surface area contributed by atoms with Crippen LogP contribution in [0.25, 0.3) is 0 Å². The minimum atomic E-state index is 0.242. The number of para-hydroxylation sites is 1. The first-order valence-electron chi connectivity index (χ1n) is 7.58. The van der Waals surface area contributed by atoms with Gasteiger partial charge in [-0.3, -0.25) is 9.69 Å². The molecule has 2 heterocycles. The Morgan fingerprint density at radius 1 is 1.35 bits per heavy atom. The van der Waals surface area contributed by atoms with Crippen molar-refractivity contribution in [3.05, 3.63) is 29.8 Å². The smallest absolute Gasteiger partial charge is 0.241 e. The van der Waals surface area contributed by atoms with E-state index in [4.69, 9.17) is 0 Å². The third-order valence-corrected chi connectivity index (χ3v) is 4.22. The fourth-order valence-corrected chi connectivity index (χ4v) is 3.23. The van der Waals surface area contributed by atoms with E-state index in [1.165, 1.54) is 5.56 Å². The van der Waals surface area contributed by atoms with Gasteiger partial charge in [0.25, 0.3) is 0 Å². The van der Waals surface area contributed by atoms with Crippen molar-refractivity contribution in [1.82, 2.24) is 10.2 Å². The van der Waals surface area contributed by atoms with Gasteiger partial charge in [-0.2, -0.15) is 0 Å². The van der Waals surface area contributed by atoms with E-state index in [1.807, 2.05) is 11.0 Å². The summed E-state index contributed by atoms with van der Waals surface area (Å²) in [5, 5.41) is 3.41. The second-order valence-electron chi connectivity index (χ2n) is 5.87. The summed E-state index contributed by atoms with van der Waals surface area (Å²) in [4.78, 5) is 16.8. The molecule has 3 rings (SSSR count). The summed E-state index contributed by atoms with van der Waals surface area (Å²) in [7, 11) is 0. The minimum absolute atomic E-state index is 0.242. The van der Waals surface area contributed by atoms with Crippen LogP contribution < -0.4 is 10.2 Å². The summed E-state index contributed by atoms with van der Waals surface area (Å²) in [6, 6.07) is 8.78. The van der Waals surface area contributed by atoms with E-state index in [1.54, 1.807) is 0 Å². The molecule has 2 aliphatic heterocycles. The lowest BCUT2D eigenvalue weighted by atomic mass is 10.0. The van der Waals surface area contributed by atoms with Crippen LogP contribution in [-0.4, -0.2) is 49.6 Å². The topological polar surface area (TPSA) is 35.6 Å². The van der Waals surface area contributed by atoms with Gasteiger partial charge in [0.15, 0.2) is 0 Å². The molecule has 0 saturated carbocycles. The lowest BCUT2D eigenvalue weighted by molar-refractivity contribution is -0.120. The first kappa shape index (κ1) is 13.6. The van der Waals surface area contributed by atoms with Gasteiger partial charge in [-0.15, -0.1) is 0 Å². The van der Waals surface area contributed by atoms with Crippen LogP contribution in [0, 0.1) is 0 Å². The molecular formula is C16H23N3O. The third-order valence-electron chi connectivity index (χ3n) is 4.22. The first-order chi connectivity index (χ1) is 9.74. The van der Waals surface area contributed by atoms with Crippen LogP contribution in [-0.2, 0) is 11.2 Å². The van der Waals surface area contributed by atoms with Gasteiger partial charge >= 0.3 is 0 Å². The molecule has 1 N–H and O–H groups in total. The van der Waals surface area contributed by atoms with E-state index in [0.717, 1.165) is 44.7 Å². The molecule has 0 unspecified atom stereocenters. The third kappa shape index (κ3) is 2.86. The predicted octanol–water partition coefficient (Wildman–Crippen LogP) is 1.26. The Hall–Kier alpha value is -1.39. The summed E-state index contributed by atoms with van der Waals surface area (Å²) >= 11 is 0. The van der Waals surface area contributed by atoms with Crippen molar-refractivity contribution < 1.29 is 4.79 Å². The van der Waals surface area contributed by atoms with E-state index >= 15 is 0 Å². The first-order valence-corrected chi connectivity index (χ1v) is 7.58. The Kier molecular flexibility index (Phi) is 4.03. The highest BCUT2D eigenvalue weighted by molar-refractivity contribution is 5.95. The van der Waals surface area contributed by atoms with Gasteiger partial charge in [0, 0.05) is 37.9 Å². The summed E-state index contributed by atoms with van der Waals surface area (Å²) in [6.45, 7) is 6.47. The van der Waals surface area contributed by atoms with E-state index in [9.17, 15) is 4.79 Å². The Bertz CT molecular complexity index is 488. The van der Waals surface area contributed by atoms with Crippen molar-refractivity contribution in [2.24, 2.45) is 0 Å². The van der Waals surface area contributed by atoms with Crippen molar-refractivity contribution >= 4 is 11.6 Å². The van der Waals surface area contributed by atoms with Crippen LogP contribution in [0.2, 0.25) is 0 Å². The molecule has 4 nitrogen and oxygen atoms in total. The summed E-state index contributed by atoms with van der Waals surface area (Å²) in [5.41, 5.74) is 2.42. The van der Waals surface area contributed by atoms with Gasteiger partial charge in [-0.25, -0.2) is 0 Å². The molecule has 20 heavy (non-hydrogen) atoms. The Labute approximate surface area is 120 Å². The quantitative estimate of drug-likeness (QED) is 0.881. The van der Waals surface area contributed by atoms with E-state index in [0.29, 0.717) is 12.6 Å². The molecule has 0 radical (unpaired) electrons. The highest BCUT2D eigenvalue weighted by Gasteiger charge is 2.25. The van der Waals surface area contributed by atoms with Crippen molar-refractivity contribution in [1.29, 1.82) is 0 Å². The van der Waals surface area contributed by atoms with E-state index < -0.39 is 0 Å².